The number of carbonyl (C=O) groups excluding carboxylic acids is 1. The van der Waals surface area contributed by atoms with Crippen LogP contribution in [0.4, 0.5) is 0 Å². The molecule has 6 heteroatoms. The maximum Gasteiger partial charge on any atom is 0.270 e. The number of hydrogen-bond donors (Lipinski definition) is 0. The summed E-state index contributed by atoms with van der Waals surface area (Å²) in [5.74, 6) is 0.591. The minimum Gasteiger partial charge on any atom is -0.492 e. The Morgan fingerprint density at radius 3 is 2.53 bits per heavy atom. The summed E-state index contributed by atoms with van der Waals surface area (Å²) < 4.78 is 5.92. The van der Waals surface area contributed by atoms with Crippen molar-refractivity contribution in [1.82, 2.24) is 9.88 Å². The van der Waals surface area contributed by atoms with Crippen molar-refractivity contribution in [3.63, 3.8) is 0 Å². The van der Waals surface area contributed by atoms with Gasteiger partial charge in [0.2, 0.25) is 0 Å². The number of hydrogen-bond acceptors (Lipinski definition) is 4. The molecule has 0 aliphatic rings. The molecule has 0 amide bonds. The Morgan fingerprint density at radius 1 is 1.07 bits per heavy atom. The second-order valence-electron chi connectivity index (χ2n) is 7.33. The second kappa shape index (κ2) is 10.1. The third-order valence-electron chi connectivity index (χ3n) is 4.74. The molecule has 2 aromatic carbocycles. The van der Waals surface area contributed by atoms with Crippen molar-refractivity contribution in [1.29, 1.82) is 0 Å². The van der Waals surface area contributed by atoms with Crippen LogP contribution in [0.15, 0.2) is 54.6 Å². The van der Waals surface area contributed by atoms with Crippen molar-refractivity contribution in [2.45, 2.75) is 13.3 Å². The number of benzene rings is 2. The summed E-state index contributed by atoms with van der Waals surface area (Å²) in [5, 5.41) is -0.0627. The fourth-order valence-electron chi connectivity index (χ4n) is 3.21. The molecule has 0 unspecified atom stereocenters. The average Bonchev–Trinajstić information content (AvgIpc) is 2.72. The van der Waals surface area contributed by atoms with Gasteiger partial charge in [0, 0.05) is 17.7 Å². The summed E-state index contributed by atoms with van der Waals surface area (Å²) in [7, 11) is 4.05. The van der Waals surface area contributed by atoms with Crippen molar-refractivity contribution in [2.75, 3.05) is 27.2 Å². The normalized spacial score (nSPS) is 11.0. The molecule has 1 heterocycles. The third kappa shape index (κ3) is 5.39. The van der Waals surface area contributed by atoms with E-state index in [2.05, 4.69) is 9.88 Å². The Balaban J connectivity index is 2.03. The molecule has 0 saturated carbocycles. The van der Waals surface area contributed by atoms with Gasteiger partial charge < -0.3 is 9.64 Å². The summed E-state index contributed by atoms with van der Waals surface area (Å²) >= 11 is 12.1. The van der Waals surface area contributed by atoms with Crippen molar-refractivity contribution >= 4 is 28.4 Å². The number of rotatable bonds is 8. The lowest BCUT2D eigenvalue weighted by Gasteiger charge is -2.15. The van der Waals surface area contributed by atoms with E-state index in [4.69, 9.17) is 27.9 Å². The maximum absolute atomic E-state index is 11.7. The number of nitrogens with zero attached hydrogens (tertiary/aromatic N) is 2. The molecular formula is C24H24Cl2N2O2. The molecule has 0 radical (unpaired) electrons. The van der Waals surface area contributed by atoms with Gasteiger partial charge in [-0.2, -0.15) is 0 Å². The predicted octanol–water partition coefficient (Wildman–Crippen LogP) is 6.09. The Morgan fingerprint density at radius 2 is 1.83 bits per heavy atom. The molecule has 156 valence electrons. The van der Waals surface area contributed by atoms with Crippen LogP contribution in [0.5, 0.6) is 5.75 Å². The highest BCUT2D eigenvalue weighted by atomic mass is 35.5. The molecule has 0 spiro atoms. The van der Waals surface area contributed by atoms with Crippen LogP contribution < -0.4 is 4.74 Å². The molecule has 0 bridgehead atoms. The van der Waals surface area contributed by atoms with Crippen LogP contribution in [0.2, 0.25) is 5.02 Å². The zero-order chi connectivity index (χ0) is 21.7. The van der Waals surface area contributed by atoms with Gasteiger partial charge in [-0.15, -0.1) is 0 Å². The van der Waals surface area contributed by atoms with E-state index in [0.29, 0.717) is 23.1 Å². The van der Waals surface area contributed by atoms with Gasteiger partial charge in [0.25, 0.3) is 5.24 Å². The van der Waals surface area contributed by atoms with Gasteiger partial charge >= 0.3 is 0 Å². The minimum atomic E-state index is -0.596. The van der Waals surface area contributed by atoms with Crippen LogP contribution in [-0.4, -0.2) is 42.4 Å². The van der Waals surface area contributed by atoms with Gasteiger partial charge in [-0.1, -0.05) is 41.9 Å². The number of ether oxygens (including phenoxy) is 1. The van der Waals surface area contributed by atoms with Crippen LogP contribution in [0.3, 0.4) is 0 Å². The number of aryl methyl sites for hydroxylation is 1. The summed E-state index contributed by atoms with van der Waals surface area (Å²) in [6, 6.07) is 17.1. The fourth-order valence-corrected chi connectivity index (χ4v) is 3.48. The molecular weight excluding hydrogens is 419 g/mol. The van der Waals surface area contributed by atoms with E-state index in [-0.39, 0.29) is 5.69 Å². The van der Waals surface area contributed by atoms with E-state index in [1.54, 1.807) is 12.1 Å². The lowest BCUT2D eigenvalue weighted by Crippen LogP contribution is -2.15. The maximum atomic E-state index is 11.7. The Kier molecular flexibility index (Phi) is 7.48. The summed E-state index contributed by atoms with van der Waals surface area (Å²) in [6.07, 6.45) is 0.885. The van der Waals surface area contributed by atoms with E-state index in [1.165, 1.54) is 0 Å². The smallest absolute Gasteiger partial charge is 0.270 e. The van der Waals surface area contributed by atoms with Crippen LogP contribution >= 0.6 is 23.2 Å². The van der Waals surface area contributed by atoms with E-state index < -0.39 is 5.24 Å². The zero-order valence-electron chi connectivity index (χ0n) is 17.3. The van der Waals surface area contributed by atoms with Crippen LogP contribution in [-0.2, 0) is 0 Å². The first-order chi connectivity index (χ1) is 14.4. The van der Waals surface area contributed by atoms with Crippen molar-refractivity contribution in [3.05, 3.63) is 70.9 Å². The molecule has 3 aromatic rings. The SMILES string of the molecule is Cc1ccccc1-c1ccc(C(=O)Cl)nc1-c1ccc(Cl)c(OCCCN(C)C)c1. The number of halogens is 2. The molecule has 1 aromatic heterocycles. The third-order valence-corrected chi connectivity index (χ3v) is 5.25. The number of carbonyl (C=O) groups is 1. The molecule has 4 nitrogen and oxygen atoms in total. The largest absolute Gasteiger partial charge is 0.492 e. The molecule has 0 fully saturated rings. The quantitative estimate of drug-likeness (QED) is 0.312. The first-order valence-corrected chi connectivity index (χ1v) is 10.5. The molecule has 0 N–H and O–H groups in total. The van der Waals surface area contributed by atoms with Crippen molar-refractivity contribution in [2.24, 2.45) is 0 Å². The predicted molar refractivity (Wildman–Crippen MR) is 124 cm³/mol. The van der Waals surface area contributed by atoms with Gasteiger partial charge in [0.1, 0.15) is 11.4 Å². The standard InChI is InChI=1S/C24H24Cl2N2O2/c1-16-7-4-5-8-18(16)19-10-12-21(24(26)29)27-23(19)17-9-11-20(25)22(15-17)30-14-6-13-28(2)3/h4-5,7-12,15H,6,13-14H2,1-3H3. The first kappa shape index (κ1) is 22.3. The summed E-state index contributed by atoms with van der Waals surface area (Å²) in [5.41, 5.74) is 4.73. The Labute approximate surface area is 187 Å². The van der Waals surface area contributed by atoms with Crippen LogP contribution in [0.1, 0.15) is 22.5 Å². The second-order valence-corrected chi connectivity index (χ2v) is 8.08. The Bertz CT molecular complexity index is 1050. The molecule has 30 heavy (non-hydrogen) atoms. The van der Waals surface area contributed by atoms with Crippen molar-refractivity contribution in [3.8, 4) is 28.1 Å². The van der Waals surface area contributed by atoms with Gasteiger partial charge in [0.15, 0.2) is 0 Å². The van der Waals surface area contributed by atoms with Crippen LogP contribution in [0, 0.1) is 6.92 Å². The summed E-state index contributed by atoms with van der Waals surface area (Å²) in [6.45, 7) is 3.52. The van der Waals surface area contributed by atoms with E-state index in [1.807, 2.05) is 63.5 Å². The first-order valence-electron chi connectivity index (χ1n) is 9.71. The lowest BCUT2D eigenvalue weighted by atomic mass is 9.95. The van der Waals surface area contributed by atoms with Gasteiger partial charge in [-0.05, 0) is 74.4 Å². The minimum absolute atomic E-state index is 0.201. The molecule has 0 aliphatic carbocycles. The lowest BCUT2D eigenvalue weighted by molar-refractivity contribution is 0.107. The Hall–Kier alpha value is -2.40. The topological polar surface area (TPSA) is 42.4 Å². The zero-order valence-corrected chi connectivity index (χ0v) is 18.8. The van der Waals surface area contributed by atoms with Gasteiger partial charge in [-0.3, -0.25) is 4.79 Å². The monoisotopic (exact) mass is 442 g/mol. The van der Waals surface area contributed by atoms with E-state index in [0.717, 1.165) is 35.2 Å². The number of pyridine rings is 1. The van der Waals surface area contributed by atoms with Crippen LogP contribution in [0.25, 0.3) is 22.4 Å². The fraction of sp³-hybridized carbons (Fsp3) is 0.250. The van der Waals surface area contributed by atoms with Gasteiger partial charge in [-0.25, -0.2) is 4.98 Å². The molecule has 0 saturated heterocycles. The summed E-state index contributed by atoms with van der Waals surface area (Å²) in [4.78, 5) is 18.4. The highest BCUT2D eigenvalue weighted by Crippen LogP contribution is 2.36. The highest BCUT2D eigenvalue weighted by Gasteiger charge is 2.16. The van der Waals surface area contributed by atoms with Crippen molar-refractivity contribution < 1.29 is 9.53 Å². The highest BCUT2D eigenvalue weighted by molar-refractivity contribution is 6.67. The van der Waals surface area contributed by atoms with Gasteiger partial charge in [0.05, 0.1) is 17.3 Å². The molecule has 0 aliphatic heterocycles. The molecule has 3 rings (SSSR count). The van der Waals surface area contributed by atoms with E-state index >= 15 is 0 Å². The number of aromatic nitrogens is 1. The van der Waals surface area contributed by atoms with E-state index in [9.17, 15) is 4.79 Å². The average molecular weight is 443 g/mol. The molecule has 0 atom stereocenters.